The van der Waals surface area contributed by atoms with Crippen LogP contribution in [0, 0.1) is 10.1 Å². The maximum Gasteiger partial charge on any atom is 0.339 e. The van der Waals surface area contributed by atoms with Crippen LogP contribution in [0.3, 0.4) is 0 Å². The van der Waals surface area contributed by atoms with Gasteiger partial charge in [0.15, 0.2) is 17.3 Å². The van der Waals surface area contributed by atoms with Gasteiger partial charge in [-0.1, -0.05) is 18.2 Å². The summed E-state index contributed by atoms with van der Waals surface area (Å²) in [6.07, 6.45) is 0. The number of nitro benzene ring substituents is 1. The molecule has 0 amide bonds. The number of hydrogen-bond donors (Lipinski definition) is 0. The Morgan fingerprint density at radius 3 is 2.29 bits per heavy atom. The Morgan fingerprint density at radius 2 is 1.58 bits per heavy atom. The van der Waals surface area contributed by atoms with Crippen LogP contribution in [0.15, 0.2) is 66.7 Å². The van der Waals surface area contributed by atoms with Crippen LogP contribution in [-0.2, 0) is 11.3 Å². The van der Waals surface area contributed by atoms with Gasteiger partial charge in [-0.25, -0.2) is 4.79 Å². The number of nitrogens with zero attached hydrogens (tertiary/aromatic N) is 1. The molecule has 0 saturated carbocycles. The van der Waals surface area contributed by atoms with Crippen LogP contribution in [0.1, 0.15) is 31.8 Å². The minimum atomic E-state index is -0.667. The van der Waals surface area contributed by atoms with Crippen molar-refractivity contribution in [3.05, 3.63) is 99.1 Å². The zero-order valence-corrected chi connectivity index (χ0v) is 16.3. The number of benzene rings is 3. The van der Waals surface area contributed by atoms with Crippen molar-refractivity contribution in [1.82, 2.24) is 0 Å². The van der Waals surface area contributed by atoms with Crippen LogP contribution in [0.5, 0.6) is 11.5 Å². The molecule has 0 aromatic heterocycles. The normalized spacial score (nSPS) is 12.1. The van der Waals surface area contributed by atoms with Crippen molar-refractivity contribution in [2.75, 3.05) is 13.2 Å². The Kier molecular flexibility index (Phi) is 5.61. The number of carbonyl (C=O) groups is 2. The molecule has 0 saturated heterocycles. The average Bonchev–Trinajstić information content (AvgIpc) is 2.82. The highest BCUT2D eigenvalue weighted by molar-refractivity contribution is 6.14. The molecule has 8 nitrogen and oxygen atoms in total. The van der Waals surface area contributed by atoms with E-state index in [4.69, 9.17) is 14.2 Å². The van der Waals surface area contributed by atoms with Crippen LogP contribution < -0.4 is 9.47 Å². The number of hydrogen-bond acceptors (Lipinski definition) is 7. The first-order chi connectivity index (χ1) is 15.0. The molecule has 0 fully saturated rings. The van der Waals surface area contributed by atoms with E-state index in [1.165, 1.54) is 30.3 Å². The maximum atomic E-state index is 13.1. The second-order valence-electron chi connectivity index (χ2n) is 6.73. The van der Waals surface area contributed by atoms with Crippen molar-refractivity contribution in [2.45, 2.75) is 6.61 Å². The van der Waals surface area contributed by atoms with Crippen molar-refractivity contribution in [3.8, 4) is 11.5 Å². The number of esters is 1. The molecule has 0 atom stereocenters. The molecule has 156 valence electrons. The third-order valence-electron chi connectivity index (χ3n) is 4.71. The number of ether oxygens (including phenoxy) is 3. The van der Waals surface area contributed by atoms with Gasteiger partial charge >= 0.3 is 5.97 Å². The van der Waals surface area contributed by atoms with Gasteiger partial charge in [0, 0.05) is 23.3 Å². The van der Waals surface area contributed by atoms with E-state index in [1.54, 1.807) is 36.4 Å². The predicted octanol–water partition coefficient (Wildman–Crippen LogP) is 3.95. The molecule has 0 bridgehead atoms. The lowest BCUT2D eigenvalue weighted by molar-refractivity contribution is -0.384. The number of rotatable bonds is 6. The fourth-order valence-corrected chi connectivity index (χ4v) is 3.14. The Labute approximate surface area is 177 Å². The number of carbonyl (C=O) groups excluding carboxylic acids is 2. The first-order valence-electron chi connectivity index (χ1n) is 9.47. The van der Waals surface area contributed by atoms with E-state index in [-0.39, 0.29) is 29.2 Å². The zero-order chi connectivity index (χ0) is 21.8. The number of ketones is 1. The van der Waals surface area contributed by atoms with E-state index in [9.17, 15) is 19.7 Å². The molecule has 0 aliphatic carbocycles. The SMILES string of the molecule is O=C(OCc1ccc([N+](=O)[O-])cc1)c1ccccc1C(=O)c1ccc2c(c1)OCCO2. The summed E-state index contributed by atoms with van der Waals surface area (Å²) in [7, 11) is 0. The van der Waals surface area contributed by atoms with E-state index in [2.05, 4.69) is 0 Å². The van der Waals surface area contributed by atoms with Crippen LogP contribution >= 0.6 is 0 Å². The predicted molar refractivity (Wildman–Crippen MR) is 110 cm³/mol. The fraction of sp³-hybridized carbons (Fsp3) is 0.130. The summed E-state index contributed by atoms with van der Waals surface area (Å²) in [6.45, 7) is 0.767. The Hall–Kier alpha value is -4.20. The first kappa shape index (κ1) is 20.1. The largest absolute Gasteiger partial charge is 0.486 e. The molecular formula is C23H17NO7. The Bertz CT molecular complexity index is 1150. The molecule has 0 radical (unpaired) electrons. The van der Waals surface area contributed by atoms with Gasteiger partial charge in [0.05, 0.1) is 10.5 Å². The highest BCUT2D eigenvalue weighted by Gasteiger charge is 2.21. The molecule has 0 unspecified atom stereocenters. The molecule has 31 heavy (non-hydrogen) atoms. The van der Waals surface area contributed by atoms with Crippen LogP contribution in [0.2, 0.25) is 0 Å². The zero-order valence-electron chi connectivity index (χ0n) is 16.3. The minimum absolute atomic E-state index is 0.0505. The van der Waals surface area contributed by atoms with E-state index < -0.39 is 10.9 Å². The molecule has 1 aliphatic heterocycles. The molecule has 1 aliphatic rings. The molecule has 1 heterocycles. The number of nitro groups is 1. The first-order valence-corrected chi connectivity index (χ1v) is 9.47. The lowest BCUT2D eigenvalue weighted by Crippen LogP contribution is -2.16. The standard InChI is InChI=1S/C23H17NO7/c25-22(16-7-10-20-21(13-16)30-12-11-29-20)18-3-1-2-4-19(18)23(26)31-14-15-5-8-17(9-6-15)24(27)28/h1-10,13H,11-12,14H2. The molecular weight excluding hydrogens is 402 g/mol. The Morgan fingerprint density at radius 1 is 0.903 bits per heavy atom. The molecule has 4 rings (SSSR count). The van der Waals surface area contributed by atoms with Crippen molar-refractivity contribution in [2.24, 2.45) is 0 Å². The molecule has 8 heteroatoms. The topological polar surface area (TPSA) is 105 Å². The minimum Gasteiger partial charge on any atom is -0.486 e. The van der Waals surface area contributed by atoms with Gasteiger partial charge in [-0.15, -0.1) is 0 Å². The second-order valence-corrected chi connectivity index (χ2v) is 6.73. The van der Waals surface area contributed by atoms with Crippen molar-refractivity contribution in [1.29, 1.82) is 0 Å². The quantitative estimate of drug-likeness (QED) is 0.258. The number of fused-ring (bicyclic) bond motifs is 1. The van der Waals surface area contributed by atoms with Gasteiger partial charge in [0.2, 0.25) is 0 Å². The summed E-state index contributed by atoms with van der Waals surface area (Å²) in [5, 5.41) is 10.7. The van der Waals surface area contributed by atoms with E-state index in [0.29, 0.717) is 35.8 Å². The number of non-ortho nitro benzene ring substituents is 1. The van der Waals surface area contributed by atoms with Gasteiger partial charge in [-0.2, -0.15) is 0 Å². The summed E-state index contributed by atoms with van der Waals surface area (Å²) < 4.78 is 16.3. The van der Waals surface area contributed by atoms with Crippen molar-refractivity contribution >= 4 is 17.4 Å². The second kappa shape index (κ2) is 8.66. The van der Waals surface area contributed by atoms with E-state index in [0.717, 1.165) is 0 Å². The average molecular weight is 419 g/mol. The third-order valence-corrected chi connectivity index (χ3v) is 4.71. The Balaban J connectivity index is 1.51. The highest BCUT2D eigenvalue weighted by atomic mass is 16.6. The van der Waals surface area contributed by atoms with Gasteiger partial charge in [-0.3, -0.25) is 14.9 Å². The molecule has 3 aromatic rings. The molecule has 0 spiro atoms. The lowest BCUT2D eigenvalue weighted by atomic mass is 9.98. The molecule has 0 N–H and O–H groups in total. The summed E-state index contributed by atoms with van der Waals surface area (Å²) in [4.78, 5) is 36.0. The van der Waals surface area contributed by atoms with Crippen LogP contribution in [-0.4, -0.2) is 29.9 Å². The van der Waals surface area contributed by atoms with Crippen LogP contribution in [0.4, 0.5) is 5.69 Å². The van der Waals surface area contributed by atoms with Crippen LogP contribution in [0.25, 0.3) is 0 Å². The third kappa shape index (κ3) is 4.37. The van der Waals surface area contributed by atoms with Gasteiger partial charge in [-0.05, 0) is 42.0 Å². The van der Waals surface area contributed by atoms with Gasteiger partial charge in [0.1, 0.15) is 19.8 Å². The maximum absolute atomic E-state index is 13.1. The monoisotopic (exact) mass is 419 g/mol. The van der Waals surface area contributed by atoms with Gasteiger partial charge in [0.25, 0.3) is 5.69 Å². The summed E-state index contributed by atoms with van der Waals surface area (Å²) in [5.41, 5.74) is 1.23. The smallest absolute Gasteiger partial charge is 0.339 e. The highest BCUT2D eigenvalue weighted by Crippen LogP contribution is 2.31. The van der Waals surface area contributed by atoms with E-state index in [1.807, 2.05) is 0 Å². The van der Waals surface area contributed by atoms with Gasteiger partial charge < -0.3 is 14.2 Å². The van der Waals surface area contributed by atoms with Crippen molar-refractivity contribution in [3.63, 3.8) is 0 Å². The summed E-state index contributed by atoms with van der Waals surface area (Å²) in [5.74, 6) is 0.0358. The summed E-state index contributed by atoms with van der Waals surface area (Å²) in [6, 6.07) is 17.0. The van der Waals surface area contributed by atoms with E-state index >= 15 is 0 Å². The summed E-state index contributed by atoms with van der Waals surface area (Å²) >= 11 is 0. The lowest BCUT2D eigenvalue weighted by Gasteiger charge is -2.18. The fourth-order valence-electron chi connectivity index (χ4n) is 3.14. The molecule has 3 aromatic carbocycles. The van der Waals surface area contributed by atoms with Crippen molar-refractivity contribution < 1.29 is 28.7 Å².